The van der Waals surface area contributed by atoms with Crippen molar-refractivity contribution in [2.45, 2.75) is 32.6 Å². The normalized spacial score (nSPS) is 13.0. The van der Waals surface area contributed by atoms with Gasteiger partial charge >= 0.3 is 5.97 Å². The molecule has 5 nitrogen and oxygen atoms in total. The van der Waals surface area contributed by atoms with Gasteiger partial charge < -0.3 is 4.74 Å². The Morgan fingerprint density at radius 2 is 1.80 bits per heavy atom. The van der Waals surface area contributed by atoms with E-state index >= 15 is 0 Å². The minimum atomic E-state index is -0.725. The number of hydrogen-bond donors (Lipinski definition) is 0. The molecule has 1 aliphatic rings. The van der Waals surface area contributed by atoms with Gasteiger partial charge in [-0.2, -0.15) is 5.10 Å². The van der Waals surface area contributed by atoms with Crippen LogP contribution in [0.15, 0.2) is 42.5 Å². The van der Waals surface area contributed by atoms with Crippen LogP contribution in [0, 0.1) is 12.7 Å². The van der Waals surface area contributed by atoms with E-state index in [2.05, 4.69) is 5.10 Å². The summed E-state index contributed by atoms with van der Waals surface area (Å²) in [5.41, 5.74) is 3.96. The van der Waals surface area contributed by atoms with Gasteiger partial charge in [0.1, 0.15) is 16.5 Å². The zero-order valence-corrected chi connectivity index (χ0v) is 17.2. The maximum absolute atomic E-state index is 13.2. The number of hydrogen-bond acceptors (Lipinski definition) is 4. The van der Waals surface area contributed by atoms with Crippen molar-refractivity contribution in [2.75, 3.05) is 6.61 Å². The van der Waals surface area contributed by atoms with Gasteiger partial charge in [-0.15, -0.1) is 0 Å². The fraction of sp³-hybridized carbons (Fsp3) is 0.261. The van der Waals surface area contributed by atoms with Crippen molar-refractivity contribution in [2.24, 2.45) is 0 Å². The van der Waals surface area contributed by atoms with Gasteiger partial charge in [-0.05, 0) is 74.1 Å². The number of aryl methyl sites for hydroxylation is 3. The predicted octanol–water partition coefficient (Wildman–Crippen LogP) is 4.89. The summed E-state index contributed by atoms with van der Waals surface area (Å²) in [6.07, 6.45) is 4.29. The fourth-order valence-corrected chi connectivity index (χ4v) is 4.03. The van der Waals surface area contributed by atoms with Crippen LogP contribution < -0.4 is 0 Å². The Hall–Kier alpha value is -2.99. The largest absolute Gasteiger partial charge is 0.454 e. The zero-order chi connectivity index (χ0) is 21.3. The third-order valence-corrected chi connectivity index (χ3v) is 5.63. The van der Waals surface area contributed by atoms with E-state index in [1.807, 2.05) is 12.1 Å². The number of esters is 1. The molecule has 0 spiro atoms. The second kappa shape index (κ2) is 8.40. The molecule has 30 heavy (non-hydrogen) atoms. The molecule has 0 unspecified atom stereocenters. The van der Waals surface area contributed by atoms with Gasteiger partial charge in [0.05, 0.1) is 11.4 Å². The van der Waals surface area contributed by atoms with E-state index in [1.165, 1.54) is 46.5 Å². The summed E-state index contributed by atoms with van der Waals surface area (Å²) in [6.45, 7) is 1.24. The maximum atomic E-state index is 13.2. The van der Waals surface area contributed by atoms with Crippen molar-refractivity contribution in [3.05, 3.63) is 81.4 Å². The van der Waals surface area contributed by atoms with Crippen LogP contribution in [0.1, 0.15) is 50.4 Å². The monoisotopic (exact) mass is 426 g/mol. The van der Waals surface area contributed by atoms with Gasteiger partial charge in [-0.3, -0.25) is 4.79 Å². The van der Waals surface area contributed by atoms with E-state index in [0.717, 1.165) is 19.3 Å². The van der Waals surface area contributed by atoms with Crippen molar-refractivity contribution in [3.63, 3.8) is 0 Å². The lowest BCUT2D eigenvalue weighted by molar-refractivity contribution is 0.0474. The molecule has 0 saturated carbocycles. The third-order valence-electron chi connectivity index (χ3n) is 5.28. The minimum Gasteiger partial charge on any atom is -0.454 e. The molecule has 4 rings (SSSR count). The van der Waals surface area contributed by atoms with E-state index in [1.54, 1.807) is 13.0 Å². The number of rotatable bonds is 5. The van der Waals surface area contributed by atoms with Crippen LogP contribution in [-0.4, -0.2) is 28.1 Å². The van der Waals surface area contributed by atoms with Gasteiger partial charge in [0.2, 0.25) is 0 Å². The topological polar surface area (TPSA) is 61.2 Å². The highest BCUT2D eigenvalue weighted by molar-refractivity contribution is 6.33. The first-order chi connectivity index (χ1) is 14.4. The molecule has 0 bridgehead atoms. The van der Waals surface area contributed by atoms with E-state index in [0.29, 0.717) is 16.9 Å². The molecule has 3 aromatic rings. The van der Waals surface area contributed by atoms with Crippen LogP contribution in [-0.2, 0) is 17.6 Å². The number of ether oxygens (including phenoxy) is 1. The van der Waals surface area contributed by atoms with E-state index in [4.69, 9.17) is 16.3 Å². The van der Waals surface area contributed by atoms with Crippen LogP contribution in [0.2, 0.25) is 5.15 Å². The molecule has 0 saturated heterocycles. The highest BCUT2D eigenvalue weighted by Gasteiger charge is 2.23. The van der Waals surface area contributed by atoms with Crippen molar-refractivity contribution in [3.8, 4) is 5.69 Å². The van der Waals surface area contributed by atoms with Gasteiger partial charge in [0, 0.05) is 5.56 Å². The number of halogens is 2. The zero-order valence-electron chi connectivity index (χ0n) is 16.5. The number of aromatic nitrogens is 2. The average Bonchev–Trinajstić information content (AvgIpc) is 3.06. The number of fused-ring (bicyclic) bond motifs is 1. The Balaban J connectivity index is 1.48. The van der Waals surface area contributed by atoms with Gasteiger partial charge in [0.25, 0.3) is 0 Å². The number of Topliss-reactive ketones (excluding diaryl/α,β-unsaturated/α-hetero) is 1. The van der Waals surface area contributed by atoms with Gasteiger partial charge in [-0.1, -0.05) is 23.7 Å². The lowest BCUT2D eigenvalue weighted by Gasteiger charge is -2.16. The van der Waals surface area contributed by atoms with Crippen LogP contribution in [0.5, 0.6) is 0 Å². The van der Waals surface area contributed by atoms with Crippen molar-refractivity contribution in [1.29, 1.82) is 0 Å². The number of benzene rings is 2. The molecule has 0 amide bonds. The molecular formula is C23H20ClFN2O3. The maximum Gasteiger partial charge on any atom is 0.343 e. The summed E-state index contributed by atoms with van der Waals surface area (Å²) in [5.74, 6) is -1.38. The predicted molar refractivity (Wildman–Crippen MR) is 111 cm³/mol. The second-order valence-corrected chi connectivity index (χ2v) is 7.69. The Morgan fingerprint density at radius 3 is 2.53 bits per heavy atom. The number of nitrogens with zero attached hydrogens (tertiary/aromatic N) is 2. The number of ketones is 1. The summed E-state index contributed by atoms with van der Waals surface area (Å²) in [7, 11) is 0. The van der Waals surface area contributed by atoms with Crippen molar-refractivity contribution >= 4 is 23.4 Å². The van der Waals surface area contributed by atoms with E-state index in [9.17, 15) is 14.0 Å². The Kier molecular flexibility index (Phi) is 5.68. The lowest BCUT2D eigenvalue weighted by Crippen LogP contribution is -2.16. The van der Waals surface area contributed by atoms with Crippen LogP contribution in [0.25, 0.3) is 5.69 Å². The van der Waals surface area contributed by atoms with Crippen LogP contribution in [0.4, 0.5) is 4.39 Å². The first-order valence-corrected chi connectivity index (χ1v) is 10.1. The second-order valence-electron chi connectivity index (χ2n) is 7.33. The molecule has 0 radical (unpaired) electrons. The molecule has 1 aliphatic carbocycles. The lowest BCUT2D eigenvalue weighted by atomic mass is 9.90. The number of carbonyl (C=O) groups is 2. The molecule has 1 heterocycles. The van der Waals surface area contributed by atoms with Crippen molar-refractivity contribution in [1.82, 2.24) is 9.78 Å². The van der Waals surface area contributed by atoms with E-state index < -0.39 is 5.97 Å². The molecule has 0 atom stereocenters. The number of carbonyl (C=O) groups excluding carboxylic acids is 2. The molecule has 0 aliphatic heterocycles. The highest BCUT2D eigenvalue weighted by Crippen LogP contribution is 2.25. The van der Waals surface area contributed by atoms with E-state index in [-0.39, 0.29) is 28.9 Å². The molecule has 0 N–H and O–H groups in total. The summed E-state index contributed by atoms with van der Waals surface area (Å²) in [5, 5.41) is 4.29. The molecule has 154 valence electrons. The quantitative estimate of drug-likeness (QED) is 0.430. The van der Waals surface area contributed by atoms with Crippen LogP contribution >= 0.6 is 11.6 Å². The third kappa shape index (κ3) is 4.00. The Morgan fingerprint density at radius 1 is 1.10 bits per heavy atom. The standard InChI is InChI=1S/C23H20ClFN2O3/c1-14-21(22(24)27(26-14)19-10-8-18(25)9-11-19)23(29)30-13-20(28)17-7-6-15-4-2-3-5-16(15)12-17/h6-12H,2-5,13H2,1H3. The first-order valence-electron chi connectivity index (χ1n) is 9.77. The summed E-state index contributed by atoms with van der Waals surface area (Å²) < 4.78 is 19.7. The molecule has 1 aromatic heterocycles. The van der Waals surface area contributed by atoms with Gasteiger partial charge in [-0.25, -0.2) is 13.9 Å². The molecular weight excluding hydrogens is 407 g/mol. The summed E-state index contributed by atoms with van der Waals surface area (Å²) >= 11 is 6.33. The Bertz CT molecular complexity index is 1120. The molecule has 7 heteroatoms. The first kappa shape index (κ1) is 20.3. The highest BCUT2D eigenvalue weighted by atomic mass is 35.5. The fourth-order valence-electron chi connectivity index (χ4n) is 3.68. The minimum absolute atomic E-state index is 0.0466. The van der Waals surface area contributed by atoms with Crippen LogP contribution in [0.3, 0.4) is 0 Å². The summed E-state index contributed by atoms with van der Waals surface area (Å²) in [4.78, 5) is 25.1. The van der Waals surface area contributed by atoms with Crippen molar-refractivity contribution < 1.29 is 18.7 Å². The Labute approximate surface area is 178 Å². The SMILES string of the molecule is Cc1nn(-c2ccc(F)cc2)c(Cl)c1C(=O)OCC(=O)c1ccc2c(c1)CCCC2. The van der Waals surface area contributed by atoms with Gasteiger partial charge in [0.15, 0.2) is 12.4 Å². The average molecular weight is 427 g/mol. The summed E-state index contributed by atoms with van der Waals surface area (Å²) in [6, 6.07) is 11.2. The molecule has 2 aromatic carbocycles. The smallest absolute Gasteiger partial charge is 0.343 e. The molecule has 0 fully saturated rings.